The zero-order valence-electron chi connectivity index (χ0n) is 12.7. The summed E-state index contributed by atoms with van der Waals surface area (Å²) in [5.41, 5.74) is 0. The van der Waals surface area contributed by atoms with Gasteiger partial charge in [0.25, 0.3) is 0 Å². The summed E-state index contributed by atoms with van der Waals surface area (Å²) in [6.45, 7) is 0.0740. The number of imide groups is 1. The lowest BCUT2D eigenvalue weighted by atomic mass is 10.2. The van der Waals surface area contributed by atoms with Crippen LogP contribution in [-0.4, -0.2) is 34.3 Å². The molecule has 0 bridgehead atoms. The van der Waals surface area contributed by atoms with Gasteiger partial charge in [0.15, 0.2) is 0 Å². The SMILES string of the molecule is O=C(CN1C(=O)CCC1=O)NCc1ccc([C@H](O)c2cccs2)s1. The molecule has 0 aliphatic carbocycles. The number of carbonyl (C=O) groups excluding carboxylic acids is 3. The van der Waals surface area contributed by atoms with E-state index in [1.807, 2.05) is 29.6 Å². The van der Waals surface area contributed by atoms with E-state index in [0.29, 0.717) is 6.54 Å². The molecule has 2 aromatic heterocycles. The lowest BCUT2D eigenvalue weighted by Gasteiger charge is -2.13. The Hall–Kier alpha value is -2.03. The average Bonchev–Trinajstić information content (AvgIpc) is 3.30. The van der Waals surface area contributed by atoms with Gasteiger partial charge in [-0.15, -0.1) is 22.7 Å². The average molecular weight is 364 g/mol. The Morgan fingerprint density at radius 1 is 1.21 bits per heavy atom. The molecule has 8 heteroatoms. The molecule has 1 fully saturated rings. The van der Waals surface area contributed by atoms with Crippen LogP contribution in [0.3, 0.4) is 0 Å². The molecule has 2 N–H and O–H groups in total. The maximum atomic E-state index is 11.9. The molecule has 3 amide bonds. The highest BCUT2D eigenvalue weighted by Crippen LogP contribution is 2.30. The van der Waals surface area contributed by atoms with E-state index in [1.165, 1.54) is 22.7 Å². The number of thiophene rings is 2. The molecule has 1 atom stereocenters. The van der Waals surface area contributed by atoms with Crippen LogP contribution in [0.5, 0.6) is 0 Å². The maximum Gasteiger partial charge on any atom is 0.240 e. The molecular formula is C16H16N2O4S2. The molecule has 0 radical (unpaired) electrons. The van der Waals surface area contributed by atoms with Crippen molar-refractivity contribution in [1.82, 2.24) is 10.2 Å². The lowest BCUT2D eigenvalue weighted by molar-refractivity contribution is -0.142. The third kappa shape index (κ3) is 3.72. The van der Waals surface area contributed by atoms with Gasteiger partial charge < -0.3 is 10.4 Å². The van der Waals surface area contributed by atoms with E-state index >= 15 is 0 Å². The fourth-order valence-electron chi connectivity index (χ4n) is 2.41. The van der Waals surface area contributed by atoms with Crippen molar-refractivity contribution in [3.05, 3.63) is 44.3 Å². The van der Waals surface area contributed by atoms with Crippen LogP contribution in [0.25, 0.3) is 0 Å². The summed E-state index contributed by atoms with van der Waals surface area (Å²) in [5.74, 6) is -0.965. The predicted octanol–water partition coefficient (Wildman–Crippen LogP) is 1.66. The molecule has 2 aromatic rings. The molecule has 1 aliphatic rings. The molecule has 0 aromatic carbocycles. The van der Waals surface area contributed by atoms with Gasteiger partial charge in [0, 0.05) is 27.5 Å². The van der Waals surface area contributed by atoms with Crippen LogP contribution < -0.4 is 5.32 Å². The molecule has 6 nitrogen and oxygen atoms in total. The number of nitrogens with zero attached hydrogens (tertiary/aromatic N) is 1. The summed E-state index contributed by atoms with van der Waals surface area (Å²) in [4.78, 5) is 38.4. The number of nitrogens with one attached hydrogen (secondary N) is 1. The quantitative estimate of drug-likeness (QED) is 0.763. The van der Waals surface area contributed by atoms with Gasteiger partial charge in [-0.2, -0.15) is 0 Å². The lowest BCUT2D eigenvalue weighted by Crippen LogP contribution is -2.39. The number of rotatable bonds is 6. The van der Waals surface area contributed by atoms with E-state index in [-0.39, 0.29) is 37.1 Å². The number of carbonyl (C=O) groups is 3. The smallest absolute Gasteiger partial charge is 0.240 e. The van der Waals surface area contributed by atoms with Crippen molar-refractivity contribution in [1.29, 1.82) is 0 Å². The van der Waals surface area contributed by atoms with Crippen molar-refractivity contribution >= 4 is 40.4 Å². The van der Waals surface area contributed by atoms with Crippen LogP contribution in [0.1, 0.15) is 33.6 Å². The first kappa shape index (κ1) is 16.8. The molecule has 24 heavy (non-hydrogen) atoms. The van der Waals surface area contributed by atoms with E-state index < -0.39 is 6.10 Å². The zero-order chi connectivity index (χ0) is 17.1. The predicted molar refractivity (Wildman–Crippen MR) is 90.5 cm³/mol. The van der Waals surface area contributed by atoms with E-state index in [1.54, 1.807) is 0 Å². The summed E-state index contributed by atoms with van der Waals surface area (Å²) in [6, 6.07) is 7.45. The summed E-state index contributed by atoms with van der Waals surface area (Å²) in [5, 5.41) is 14.9. The second-order valence-corrected chi connectivity index (χ2v) is 7.55. The van der Waals surface area contributed by atoms with Crippen LogP contribution in [0.2, 0.25) is 0 Å². The number of aliphatic hydroxyl groups is 1. The minimum atomic E-state index is -0.653. The minimum Gasteiger partial charge on any atom is -0.382 e. The van der Waals surface area contributed by atoms with Gasteiger partial charge >= 0.3 is 0 Å². The second kappa shape index (κ2) is 7.25. The summed E-state index contributed by atoms with van der Waals surface area (Å²) >= 11 is 2.91. The van der Waals surface area contributed by atoms with Gasteiger partial charge in [-0.1, -0.05) is 6.07 Å². The summed E-state index contributed by atoms with van der Waals surface area (Å²) in [6.07, 6.45) is -0.290. The highest BCUT2D eigenvalue weighted by Gasteiger charge is 2.30. The first-order valence-electron chi connectivity index (χ1n) is 7.44. The molecule has 0 saturated carbocycles. The molecule has 126 valence electrons. The molecule has 3 heterocycles. The monoisotopic (exact) mass is 364 g/mol. The van der Waals surface area contributed by atoms with Gasteiger partial charge in [-0.3, -0.25) is 19.3 Å². The fourth-order valence-corrected chi connectivity index (χ4v) is 4.17. The highest BCUT2D eigenvalue weighted by molar-refractivity contribution is 7.12. The Bertz CT molecular complexity index is 738. The Kier molecular flexibility index (Phi) is 5.08. The van der Waals surface area contributed by atoms with Crippen molar-refractivity contribution in [2.75, 3.05) is 6.54 Å². The van der Waals surface area contributed by atoms with Crippen LogP contribution in [0.4, 0.5) is 0 Å². The molecular weight excluding hydrogens is 348 g/mol. The molecule has 0 spiro atoms. The topological polar surface area (TPSA) is 86.7 Å². The Morgan fingerprint density at radius 3 is 2.62 bits per heavy atom. The van der Waals surface area contributed by atoms with Gasteiger partial charge in [0.1, 0.15) is 12.6 Å². The largest absolute Gasteiger partial charge is 0.382 e. The minimum absolute atomic E-state index is 0.182. The van der Waals surface area contributed by atoms with E-state index in [4.69, 9.17) is 0 Å². The van der Waals surface area contributed by atoms with E-state index in [0.717, 1.165) is 19.5 Å². The first-order valence-corrected chi connectivity index (χ1v) is 9.14. The highest BCUT2D eigenvalue weighted by atomic mass is 32.1. The van der Waals surface area contributed by atoms with Crippen LogP contribution in [0.15, 0.2) is 29.6 Å². The molecule has 1 saturated heterocycles. The van der Waals surface area contributed by atoms with Crippen molar-refractivity contribution in [3.63, 3.8) is 0 Å². The number of likely N-dealkylation sites (tertiary alicyclic amines) is 1. The maximum absolute atomic E-state index is 11.9. The summed E-state index contributed by atoms with van der Waals surface area (Å²) < 4.78 is 0. The van der Waals surface area contributed by atoms with Crippen LogP contribution in [0, 0.1) is 0 Å². The number of hydrogen-bond donors (Lipinski definition) is 2. The van der Waals surface area contributed by atoms with Crippen molar-refractivity contribution < 1.29 is 19.5 Å². The Morgan fingerprint density at radius 2 is 1.96 bits per heavy atom. The van der Waals surface area contributed by atoms with Crippen LogP contribution >= 0.6 is 22.7 Å². The fraction of sp³-hybridized carbons (Fsp3) is 0.312. The number of amides is 3. The standard InChI is InChI=1S/C16H16N2O4S2/c19-13(9-18-14(20)5-6-15(18)21)17-8-10-3-4-12(24-10)16(22)11-2-1-7-23-11/h1-4,7,16,22H,5-6,8-9H2,(H,17,19)/t16-/m1/s1. The van der Waals surface area contributed by atoms with Crippen molar-refractivity contribution in [3.8, 4) is 0 Å². The van der Waals surface area contributed by atoms with Crippen molar-refractivity contribution in [2.45, 2.75) is 25.5 Å². The molecule has 3 rings (SSSR count). The summed E-state index contributed by atoms with van der Waals surface area (Å²) in [7, 11) is 0. The van der Waals surface area contributed by atoms with Gasteiger partial charge in [-0.05, 0) is 23.6 Å². The normalized spacial score (nSPS) is 15.8. The van der Waals surface area contributed by atoms with Gasteiger partial charge in [-0.25, -0.2) is 0 Å². The second-order valence-electron chi connectivity index (χ2n) is 5.37. The van der Waals surface area contributed by atoms with Gasteiger partial charge in [0.2, 0.25) is 17.7 Å². The number of hydrogen-bond acceptors (Lipinski definition) is 6. The first-order chi connectivity index (χ1) is 11.5. The number of aliphatic hydroxyl groups excluding tert-OH is 1. The Labute approximate surface area is 146 Å². The van der Waals surface area contributed by atoms with E-state index in [2.05, 4.69) is 5.32 Å². The van der Waals surface area contributed by atoms with E-state index in [9.17, 15) is 19.5 Å². The zero-order valence-corrected chi connectivity index (χ0v) is 14.4. The third-order valence-corrected chi connectivity index (χ3v) is 5.74. The third-order valence-electron chi connectivity index (χ3n) is 3.68. The Balaban J connectivity index is 1.53. The van der Waals surface area contributed by atoms with Crippen LogP contribution in [-0.2, 0) is 20.9 Å². The molecule has 0 unspecified atom stereocenters. The van der Waals surface area contributed by atoms with Gasteiger partial charge in [0.05, 0.1) is 6.54 Å². The van der Waals surface area contributed by atoms with Crippen molar-refractivity contribution in [2.24, 2.45) is 0 Å². The molecule has 1 aliphatic heterocycles.